The number of benzene rings is 2. The van der Waals surface area contributed by atoms with E-state index in [0.717, 1.165) is 6.42 Å². The maximum absolute atomic E-state index is 11.2. The fourth-order valence-corrected chi connectivity index (χ4v) is 2.39. The first kappa shape index (κ1) is 13.4. The molecule has 0 amide bonds. The molecule has 106 valence electrons. The van der Waals surface area contributed by atoms with Crippen molar-refractivity contribution in [3.8, 4) is 0 Å². The minimum Gasteiger partial charge on any atom is -0.478 e. The van der Waals surface area contributed by atoms with Crippen molar-refractivity contribution in [1.82, 2.24) is 4.98 Å². The van der Waals surface area contributed by atoms with Crippen LogP contribution >= 0.6 is 0 Å². The van der Waals surface area contributed by atoms with Crippen molar-refractivity contribution in [2.24, 2.45) is 0 Å². The summed E-state index contributed by atoms with van der Waals surface area (Å²) in [6.45, 7) is 2.06. The van der Waals surface area contributed by atoms with Crippen LogP contribution in [0, 0.1) is 6.92 Å². The van der Waals surface area contributed by atoms with Gasteiger partial charge in [-0.2, -0.15) is 0 Å². The Labute approximate surface area is 122 Å². The number of para-hydroxylation sites is 1. The van der Waals surface area contributed by atoms with E-state index in [-0.39, 0.29) is 5.56 Å². The summed E-state index contributed by atoms with van der Waals surface area (Å²) in [6, 6.07) is 13.2. The number of carbonyl (C=O) groups is 1. The zero-order valence-corrected chi connectivity index (χ0v) is 11.7. The topological polar surface area (TPSA) is 63.3 Å². The molecule has 0 saturated heterocycles. The van der Waals surface area contributed by atoms with Gasteiger partial charge in [0, 0.05) is 6.42 Å². The van der Waals surface area contributed by atoms with E-state index in [2.05, 4.69) is 30.1 Å². The molecule has 0 fully saturated rings. The number of hydrogen-bond acceptors (Lipinski definition) is 3. The van der Waals surface area contributed by atoms with Crippen LogP contribution in [0.1, 0.15) is 27.4 Å². The maximum atomic E-state index is 11.2. The molecule has 2 aromatic carbocycles. The Bertz CT molecular complexity index is 805. The van der Waals surface area contributed by atoms with Crippen LogP contribution in [0.3, 0.4) is 0 Å². The van der Waals surface area contributed by atoms with Crippen LogP contribution in [0.25, 0.3) is 11.1 Å². The average Bonchev–Trinajstić information content (AvgIpc) is 2.87. The van der Waals surface area contributed by atoms with Gasteiger partial charge in [-0.3, -0.25) is 0 Å². The van der Waals surface area contributed by atoms with Gasteiger partial charge >= 0.3 is 5.97 Å². The third-order valence-electron chi connectivity index (χ3n) is 3.40. The van der Waals surface area contributed by atoms with Gasteiger partial charge in [0.15, 0.2) is 11.5 Å². The van der Waals surface area contributed by atoms with E-state index in [0.29, 0.717) is 23.4 Å². The van der Waals surface area contributed by atoms with Crippen molar-refractivity contribution < 1.29 is 14.3 Å². The summed E-state index contributed by atoms with van der Waals surface area (Å²) in [4.78, 5) is 15.5. The van der Waals surface area contributed by atoms with E-state index in [1.54, 1.807) is 12.1 Å². The lowest BCUT2D eigenvalue weighted by Gasteiger charge is -1.99. The molecule has 4 heteroatoms. The summed E-state index contributed by atoms with van der Waals surface area (Å²) in [7, 11) is 0. The first-order valence-corrected chi connectivity index (χ1v) is 6.81. The number of rotatable bonds is 4. The Kier molecular flexibility index (Phi) is 3.44. The molecule has 0 bridgehead atoms. The van der Waals surface area contributed by atoms with Crippen molar-refractivity contribution in [2.45, 2.75) is 19.8 Å². The number of nitrogens with zero attached hydrogens (tertiary/aromatic N) is 1. The molecule has 0 aliphatic carbocycles. The molecule has 1 heterocycles. The third-order valence-corrected chi connectivity index (χ3v) is 3.40. The molecule has 0 saturated carbocycles. The SMILES string of the molecule is Cc1cccc(CCc2nc3c(C(=O)O)cccc3o2)c1. The second-order valence-corrected chi connectivity index (χ2v) is 5.05. The van der Waals surface area contributed by atoms with Crippen LogP contribution in [0.4, 0.5) is 0 Å². The number of carboxylic acid groups (broad SMARTS) is 1. The largest absolute Gasteiger partial charge is 0.478 e. The maximum Gasteiger partial charge on any atom is 0.338 e. The number of oxazole rings is 1. The summed E-state index contributed by atoms with van der Waals surface area (Å²) in [5.41, 5.74) is 3.56. The molecule has 3 rings (SSSR count). The van der Waals surface area contributed by atoms with E-state index < -0.39 is 5.97 Å². The summed E-state index contributed by atoms with van der Waals surface area (Å²) in [5.74, 6) is -0.417. The van der Waals surface area contributed by atoms with Gasteiger partial charge in [0.25, 0.3) is 0 Å². The van der Waals surface area contributed by atoms with Crippen LogP contribution in [0.5, 0.6) is 0 Å². The number of hydrogen-bond donors (Lipinski definition) is 1. The van der Waals surface area contributed by atoms with Crippen LogP contribution in [0.2, 0.25) is 0 Å². The lowest BCUT2D eigenvalue weighted by Crippen LogP contribution is -1.97. The van der Waals surface area contributed by atoms with Gasteiger partial charge in [0.05, 0.1) is 5.56 Å². The normalized spacial score (nSPS) is 10.9. The summed E-state index contributed by atoms with van der Waals surface area (Å²) in [6.07, 6.45) is 1.47. The van der Waals surface area contributed by atoms with Crippen molar-refractivity contribution >= 4 is 17.1 Å². The van der Waals surface area contributed by atoms with Gasteiger partial charge in [0.2, 0.25) is 0 Å². The number of aromatic nitrogens is 1. The van der Waals surface area contributed by atoms with Crippen molar-refractivity contribution in [1.29, 1.82) is 0 Å². The molecule has 4 nitrogen and oxygen atoms in total. The van der Waals surface area contributed by atoms with E-state index in [4.69, 9.17) is 9.52 Å². The number of aromatic carboxylic acids is 1. The second kappa shape index (κ2) is 5.40. The highest BCUT2D eigenvalue weighted by Gasteiger charge is 2.14. The Morgan fingerprint density at radius 2 is 2.00 bits per heavy atom. The fraction of sp³-hybridized carbons (Fsp3) is 0.176. The van der Waals surface area contributed by atoms with Crippen LogP contribution < -0.4 is 0 Å². The molecular weight excluding hydrogens is 266 g/mol. The van der Waals surface area contributed by atoms with Crippen molar-refractivity contribution in [3.63, 3.8) is 0 Å². The Hall–Kier alpha value is -2.62. The predicted octanol–water partition coefficient (Wildman–Crippen LogP) is 3.62. The minimum absolute atomic E-state index is 0.179. The van der Waals surface area contributed by atoms with Crippen LogP contribution in [-0.4, -0.2) is 16.1 Å². The van der Waals surface area contributed by atoms with E-state index in [9.17, 15) is 4.79 Å². The zero-order valence-electron chi connectivity index (χ0n) is 11.7. The van der Waals surface area contributed by atoms with Crippen molar-refractivity contribution in [3.05, 3.63) is 65.0 Å². The van der Waals surface area contributed by atoms with Gasteiger partial charge in [-0.15, -0.1) is 0 Å². The smallest absolute Gasteiger partial charge is 0.338 e. The Morgan fingerprint density at radius 1 is 1.19 bits per heavy atom. The predicted molar refractivity (Wildman–Crippen MR) is 79.6 cm³/mol. The van der Waals surface area contributed by atoms with Gasteiger partial charge in [-0.25, -0.2) is 9.78 Å². The molecule has 0 radical (unpaired) electrons. The number of carboxylic acids is 1. The highest BCUT2D eigenvalue weighted by atomic mass is 16.4. The quantitative estimate of drug-likeness (QED) is 0.793. The van der Waals surface area contributed by atoms with Gasteiger partial charge < -0.3 is 9.52 Å². The second-order valence-electron chi connectivity index (χ2n) is 5.05. The molecule has 0 unspecified atom stereocenters. The van der Waals surface area contributed by atoms with E-state index in [1.807, 2.05) is 6.07 Å². The summed E-state index contributed by atoms with van der Waals surface area (Å²) in [5, 5.41) is 9.15. The molecule has 1 N–H and O–H groups in total. The van der Waals surface area contributed by atoms with Crippen LogP contribution in [-0.2, 0) is 12.8 Å². The third kappa shape index (κ3) is 2.79. The molecular formula is C17H15NO3. The van der Waals surface area contributed by atoms with Crippen LogP contribution in [0.15, 0.2) is 46.9 Å². The Balaban J connectivity index is 1.85. The Morgan fingerprint density at radius 3 is 2.76 bits per heavy atom. The highest BCUT2D eigenvalue weighted by Crippen LogP contribution is 2.20. The van der Waals surface area contributed by atoms with Crippen molar-refractivity contribution in [2.75, 3.05) is 0 Å². The van der Waals surface area contributed by atoms with Gasteiger partial charge in [-0.05, 0) is 31.0 Å². The van der Waals surface area contributed by atoms with Gasteiger partial charge in [-0.1, -0.05) is 35.9 Å². The highest BCUT2D eigenvalue weighted by molar-refractivity contribution is 6.00. The minimum atomic E-state index is -0.987. The summed E-state index contributed by atoms with van der Waals surface area (Å²) >= 11 is 0. The summed E-state index contributed by atoms with van der Waals surface area (Å²) < 4.78 is 5.64. The first-order chi connectivity index (χ1) is 10.1. The molecule has 0 atom stereocenters. The monoisotopic (exact) mass is 281 g/mol. The molecule has 1 aromatic heterocycles. The first-order valence-electron chi connectivity index (χ1n) is 6.81. The lowest BCUT2D eigenvalue weighted by molar-refractivity contribution is 0.0699. The molecule has 0 spiro atoms. The van der Waals surface area contributed by atoms with Gasteiger partial charge in [0.1, 0.15) is 5.52 Å². The number of fused-ring (bicyclic) bond motifs is 1. The lowest BCUT2D eigenvalue weighted by atomic mass is 10.1. The molecule has 3 aromatic rings. The zero-order chi connectivity index (χ0) is 14.8. The van der Waals surface area contributed by atoms with E-state index in [1.165, 1.54) is 17.2 Å². The molecule has 0 aliphatic heterocycles. The standard InChI is InChI=1S/C17H15NO3/c1-11-4-2-5-12(10-11)8-9-15-18-16-13(17(19)20)6-3-7-14(16)21-15/h2-7,10H,8-9H2,1H3,(H,19,20). The number of aryl methyl sites for hydroxylation is 3. The fourth-order valence-electron chi connectivity index (χ4n) is 2.39. The average molecular weight is 281 g/mol. The van der Waals surface area contributed by atoms with E-state index >= 15 is 0 Å². The molecule has 21 heavy (non-hydrogen) atoms. The molecule has 0 aliphatic rings.